The van der Waals surface area contributed by atoms with Crippen LogP contribution in [-0.4, -0.2) is 25.8 Å². The number of nitrogens with one attached hydrogen (secondary N) is 1. The third kappa shape index (κ3) is 5.89. The van der Waals surface area contributed by atoms with E-state index in [0.29, 0.717) is 5.92 Å². The lowest BCUT2D eigenvalue weighted by molar-refractivity contribution is 0.223. The van der Waals surface area contributed by atoms with E-state index in [4.69, 9.17) is 0 Å². The Morgan fingerprint density at radius 1 is 1.11 bits per heavy atom. The van der Waals surface area contributed by atoms with Gasteiger partial charge in [0.2, 0.25) is 0 Å². The van der Waals surface area contributed by atoms with Gasteiger partial charge in [0.15, 0.2) is 0 Å². The highest BCUT2D eigenvalue weighted by atomic mass is 28.3. The normalized spacial score (nSPS) is 13.8. The fourth-order valence-electron chi connectivity index (χ4n) is 2.18. The molecule has 2 nitrogen and oxygen atoms in total. The highest BCUT2D eigenvalue weighted by molar-refractivity contribution is 6.88. The number of aliphatic hydroxyl groups is 1. The summed E-state index contributed by atoms with van der Waals surface area (Å²) in [5.41, 5.74) is 1.30. The fraction of sp³-hybridized carbons (Fsp3) is 0.625. The SMILES string of the molecule is CC(C)CC(CO)NCc1ccc([Si](C)(C)C)cc1. The first-order chi connectivity index (χ1) is 8.82. The molecule has 2 N–H and O–H groups in total. The first-order valence-corrected chi connectivity index (χ1v) is 10.8. The molecule has 3 heteroatoms. The minimum atomic E-state index is -1.19. The van der Waals surface area contributed by atoms with Crippen molar-refractivity contribution in [2.24, 2.45) is 5.92 Å². The van der Waals surface area contributed by atoms with Gasteiger partial charge in [-0.05, 0) is 17.9 Å². The maximum Gasteiger partial charge on any atom is 0.0775 e. The van der Waals surface area contributed by atoms with Crippen molar-refractivity contribution in [3.05, 3.63) is 29.8 Å². The molecule has 0 aromatic heterocycles. The minimum Gasteiger partial charge on any atom is -0.395 e. The molecule has 1 atom stereocenters. The summed E-state index contributed by atoms with van der Waals surface area (Å²) in [6, 6.07) is 9.16. The summed E-state index contributed by atoms with van der Waals surface area (Å²) < 4.78 is 0. The number of benzene rings is 1. The van der Waals surface area contributed by atoms with E-state index in [9.17, 15) is 5.11 Å². The van der Waals surface area contributed by atoms with Crippen LogP contribution in [0, 0.1) is 5.92 Å². The maximum atomic E-state index is 9.35. The largest absolute Gasteiger partial charge is 0.395 e. The minimum absolute atomic E-state index is 0.205. The molecule has 0 amide bonds. The molecule has 0 radical (unpaired) electrons. The van der Waals surface area contributed by atoms with Crippen LogP contribution in [0.1, 0.15) is 25.8 Å². The Morgan fingerprint density at radius 3 is 2.11 bits per heavy atom. The molecule has 0 aliphatic rings. The van der Waals surface area contributed by atoms with Crippen LogP contribution in [0.5, 0.6) is 0 Å². The van der Waals surface area contributed by atoms with Crippen molar-refractivity contribution in [1.82, 2.24) is 5.32 Å². The van der Waals surface area contributed by atoms with Gasteiger partial charge < -0.3 is 10.4 Å². The lowest BCUT2D eigenvalue weighted by Crippen LogP contribution is -2.37. The number of rotatable bonds is 7. The molecule has 0 fully saturated rings. The zero-order chi connectivity index (χ0) is 14.5. The smallest absolute Gasteiger partial charge is 0.0775 e. The summed E-state index contributed by atoms with van der Waals surface area (Å²) >= 11 is 0. The standard InChI is InChI=1S/C16H29NOSi/c1-13(2)10-15(12-18)17-11-14-6-8-16(9-7-14)19(3,4)5/h6-9,13,15,17-18H,10-12H2,1-5H3. The van der Waals surface area contributed by atoms with Crippen LogP contribution in [-0.2, 0) is 6.54 Å². The Bertz CT molecular complexity index is 367. The monoisotopic (exact) mass is 279 g/mol. The van der Waals surface area contributed by atoms with E-state index >= 15 is 0 Å². The van der Waals surface area contributed by atoms with Crippen molar-refractivity contribution >= 4 is 13.3 Å². The van der Waals surface area contributed by atoms with E-state index in [1.165, 1.54) is 10.8 Å². The number of hydrogen-bond acceptors (Lipinski definition) is 2. The Morgan fingerprint density at radius 2 is 1.68 bits per heavy atom. The Labute approximate surface area is 119 Å². The van der Waals surface area contributed by atoms with Crippen LogP contribution in [0.3, 0.4) is 0 Å². The lowest BCUT2D eigenvalue weighted by atomic mass is 10.0. The van der Waals surface area contributed by atoms with Gasteiger partial charge >= 0.3 is 0 Å². The average Bonchev–Trinajstić information content (AvgIpc) is 2.33. The molecule has 0 heterocycles. The van der Waals surface area contributed by atoms with E-state index in [0.717, 1.165) is 13.0 Å². The molecule has 1 rings (SSSR count). The van der Waals surface area contributed by atoms with Crippen molar-refractivity contribution in [2.75, 3.05) is 6.61 Å². The number of hydrogen-bond donors (Lipinski definition) is 2. The van der Waals surface area contributed by atoms with Gasteiger partial charge in [0, 0.05) is 12.6 Å². The maximum absolute atomic E-state index is 9.35. The van der Waals surface area contributed by atoms with Gasteiger partial charge in [-0.1, -0.05) is 62.9 Å². The molecule has 0 aliphatic heterocycles. The lowest BCUT2D eigenvalue weighted by Gasteiger charge is -2.19. The quantitative estimate of drug-likeness (QED) is 0.752. The van der Waals surface area contributed by atoms with Crippen molar-refractivity contribution in [1.29, 1.82) is 0 Å². The summed E-state index contributed by atoms with van der Waals surface area (Å²) in [4.78, 5) is 0. The van der Waals surface area contributed by atoms with Crippen LogP contribution in [0.15, 0.2) is 24.3 Å². The first-order valence-electron chi connectivity index (χ1n) is 7.26. The third-order valence-electron chi connectivity index (χ3n) is 3.39. The Hall–Kier alpha value is -0.643. The molecule has 108 valence electrons. The summed E-state index contributed by atoms with van der Waals surface area (Å²) in [6.45, 7) is 12.5. The second-order valence-electron chi connectivity index (χ2n) is 6.84. The van der Waals surface area contributed by atoms with E-state index < -0.39 is 8.07 Å². The topological polar surface area (TPSA) is 32.3 Å². The summed E-state index contributed by atoms with van der Waals surface area (Å²) in [7, 11) is -1.19. The molecule has 0 aliphatic carbocycles. The summed E-state index contributed by atoms with van der Waals surface area (Å²) in [5.74, 6) is 0.610. The Kier molecular flexibility index (Phi) is 6.24. The zero-order valence-corrected chi connectivity index (χ0v) is 14.0. The molecular weight excluding hydrogens is 250 g/mol. The predicted molar refractivity (Wildman–Crippen MR) is 86.6 cm³/mol. The third-order valence-corrected chi connectivity index (χ3v) is 5.46. The molecule has 0 spiro atoms. The van der Waals surface area contributed by atoms with Gasteiger partial charge in [0.25, 0.3) is 0 Å². The van der Waals surface area contributed by atoms with Crippen LogP contribution < -0.4 is 10.5 Å². The highest BCUT2D eigenvalue weighted by Gasteiger charge is 2.15. The van der Waals surface area contributed by atoms with Gasteiger partial charge in [0.1, 0.15) is 0 Å². The van der Waals surface area contributed by atoms with Crippen LogP contribution in [0.4, 0.5) is 0 Å². The number of aliphatic hydroxyl groups excluding tert-OH is 1. The summed E-state index contributed by atoms with van der Waals surface area (Å²) in [5, 5.41) is 14.3. The van der Waals surface area contributed by atoms with Crippen LogP contribution >= 0.6 is 0 Å². The van der Waals surface area contributed by atoms with Crippen molar-refractivity contribution < 1.29 is 5.11 Å². The highest BCUT2D eigenvalue weighted by Crippen LogP contribution is 2.07. The van der Waals surface area contributed by atoms with Gasteiger partial charge in [-0.15, -0.1) is 0 Å². The molecule has 1 aromatic rings. The molecule has 0 bridgehead atoms. The molecule has 1 aromatic carbocycles. The van der Waals surface area contributed by atoms with Gasteiger partial charge in [-0.3, -0.25) is 0 Å². The predicted octanol–water partition coefficient (Wildman–Crippen LogP) is 2.73. The van der Waals surface area contributed by atoms with Crippen molar-refractivity contribution in [3.8, 4) is 0 Å². The van der Waals surface area contributed by atoms with Crippen LogP contribution in [0.2, 0.25) is 19.6 Å². The van der Waals surface area contributed by atoms with Gasteiger partial charge in [-0.25, -0.2) is 0 Å². The molecule has 1 unspecified atom stereocenters. The molecular formula is C16H29NOSi. The Balaban J connectivity index is 2.54. The molecule has 0 saturated carbocycles. The van der Waals surface area contributed by atoms with Crippen molar-refractivity contribution in [2.45, 2.75) is 52.5 Å². The van der Waals surface area contributed by atoms with Gasteiger partial charge in [0.05, 0.1) is 14.7 Å². The molecule has 0 saturated heterocycles. The van der Waals surface area contributed by atoms with Gasteiger partial charge in [-0.2, -0.15) is 0 Å². The molecule has 19 heavy (non-hydrogen) atoms. The second-order valence-corrected chi connectivity index (χ2v) is 11.9. The first kappa shape index (κ1) is 16.4. The van der Waals surface area contributed by atoms with Crippen LogP contribution in [0.25, 0.3) is 0 Å². The summed E-state index contributed by atoms with van der Waals surface area (Å²) in [6.07, 6.45) is 1.02. The van der Waals surface area contributed by atoms with E-state index in [-0.39, 0.29) is 12.6 Å². The zero-order valence-electron chi connectivity index (χ0n) is 13.0. The van der Waals surface area contributed by atoms with E-state index in [2.05, 4.69) is 63.1 Å². The van der Waals surface area contributed by atoms with Crippen molar-refractivity contribution in [3.63, 3.8) is 0 Å². The van der Waals surface area contributed by atoms with E-state index in [1.807, 2.05) is 0 Å². The van der Waals surface area contributed by atoms with E-state index in [1.54, 1.807) is 0 Å². The average molecular weight is 279 g/mol. The fourth-order valence-corrected chi connectivity index (χ4v) is 3.34. The second kappa shape index (κ2) is 7.22.